The van der Waals surface area contributed by atoms with Gasteiger partial charge in [-0.25, -0.2) is 8.42 Å². The van der Waals surface area contributed by atoms with E-state index in [0.717, 1.165) is 9.87 Å². The number of aryl methyl sites for hydroxylation is 1. The number of hydrogen-bond donors (Lipinski definition) is 1. The monoisotopic (exact) mass is 478 g/mol. The summed E-state index contributed by atoms with van der Waals surface area (Å²) in [5, 5.41) is 3.33. The van der Waals surface area contributed by atoms with Crippen LogP contribution in [-0.4, -0.2) is 28.0 Å². The average molecular weight is 479 g/mol. The van der Waals surface area contributed by atoms with Crippen LogP contribution >= 0.6 is 23.2 Å². The summed E-state index contributed by atoms with van der Waals surface area (Å²) in [4.78, 5) is 12.8. The normalized spacial score (nSPS) is 11.1. The minimum Gasteiger partial charge on any atom is -0.497 e. The molecule has 0 bridgehead atoms. The van der Waals surface area contributed by atoms with Crippen LogP contribution in [0.4, 0.5) is 11.4 Å². The number of nitrogens with one attached hydrogen (secondary N) is 1. The Morgan fingerprint density at radius 1 is 1.00 bits per heavy atom. The molecule has 0 spiro atoms. The van der Waals surface area contributed by atoms with Crippen molar-refractivity contribution in [1.29, 1.82) is 0 Å². The van der Waals surface area contributed by atoms with E-state index >= 15 is 0 Å². The predicted octanol–water partition coefficient (Wildman–Crippen LogP) is 5.14. The summed E-state index contributed by atoms with van der Waals surface area (Å²) in [6.07, 6.45) is 0. The van der Waals surface area contributed by atoms with E-state index in [9.17, 15) is 13.2 Å². The van der Waals surface area contributed by atoms with Crippen LogP contribution in [0.15, 0.2) is 71.6 Å². The van der Waals surface area contributed by atoms with Crippen molar-refractivity contribution < 1.29 is 17.9 Å². The van der Waals surface area contributed by atoms with Gasteiger partial charge in [0.25, 0.3) is 10.0 Å². The zero-order valence-corrected chi connectivity index (χ0v) is 19.1. The number of carbonyl (C=O) groups excluding carboxylic acids is 1. The van der Waals surface area contributed by atoms with Crippen LogP contribution in [0, 0.1) is 6.92 Å². The van der Waals surface area contributed by atoms with Crippen molar-refractivity contribution in [1.82, 2.24) is 0 Å². The summed E-state index contributed by atoms with van der Waals surface area (Å²) < 4.78 is 33.0. The first kappa shape index (κ1) is 22.9. The van der Waals surface area contributed by atoms with Crippen molar-refractivity contribution in [2.24, 2.45) is 0 Å². The third-order valence-corrected chi connectivity index (χ3v) is 6.61. The highest BCUT2D eigenvalue weighted by Crippen LogP contribution is 2.28. The van der Waals surface area contributed by atoms with E-state index in [0.29, 0.717) is 27.2 Å². The molecule has 0 fully saturated rings. The Morgan fingerprint density at radius 3 is 2.26 bits per heavy atom. The number of benzene rings is 3. The molecule has 0 aliphatic rings. The summed E-state index contributed by atoms with van der Waals surface area (Å²) in [6.45, 7) is 1.40. The van der Waals surface area contributed by atoms with E-state index in [1.807, 2.05) is 6.92 Å². The molecule has 0 saturated heterocycles. The minimum atomic E-state index is -4.03. The van der Waals surface area contributed by atoms with E-state index in [-0.39, 0.29) is 4.90 Å². The number of methoxy groups -OCH3 is 1. The predicted molar refractivity (Wildman–Crippen MR) is 124 cm³/mol. The second kappa shape index (κ2) is 9.60. The van der Waals surface area contributed by atoms with Crippen LogP contribution in [0.1, 0.15) is 5.56 Å². The summed E-state index contributed by atoms with van der Waals surface area (Å²) in [5.74, 6) is -0.0968. The number of carbonyl (C=O) groups is 1. The van der Waals surface area contributed by atoms with Gasteiger partial charge in [0, 0.05) is 21.8 Å². The fourth-order valence-electron chi connectivity index (χ4n) is 2.88. The number of anilines is 2. The van der Waals surface area contributed by atoms with Gasteiger partial charge in [0.05, 0.1) is 17.7 Å². The molecule has 0 saturated carbocycles. The van der Waals surface area contributed by atoms with Crippen molar-refractivity contribution >= 4 is 50.5 Å². The van der Waals surface area contributed by atoms with Gasteiger partial charge >= 0.3 is 0 Å². The number of halogens is 2. The molecule has 162 valence electrons. The first-order chi connectivity index (χ1) is 14.7. The SMILES string of the molecule is COc1cccc(N(CC(=O)Nc2cc(Cl)cc(Cl)c2)S(=O)(=O)c2ccc(C)cc2)c1. The number of hydrogen-bond acceptors (Lipinski definition) is 4. The lowest BCUT2D eigenvalue weighted by Gasteiger charge is -2.24. The highest BCUT2D eigenvalue weighted by molar-refractivity contribution is 7.92. The zero-order chi connectivity index (χ0) is 22.6. The second-order valence-corrected chi connectivity index (χ2v) is 9.47. The van der Waals surface area contributed by atoms with Crippen molar-refractivity contribution in [2.45, 2.75) is 11.8 Å². The lowest BCUT2D eigenvalue weighted by atomic mass is 10.2. The largest absolute Gasteiger partial charge is 0.497 e. The summed E-state index contributed by atoms with van der Waals surface area (Å²) >= 11 is 12.0. The van der Waals surface area contributed by atoms with Gasteiger partial charge in [-0.15, -0.1) is 0 Å². The number of sulfonamides is 1. The fraction of sp³-hybridized carbons (Fsp3) is 0.136. The smallest absolute Gasteiger partial charge is 0.264 e. The van der Waals surface area contributed by atoms with Gasteiger partial charge in [0.2, 0.25) is 5.91 Å². The average Bonchev–Trinajstić information content (AvgIpc) is 2.71. The fourth-order valence-corrected chi connectivity index (χ4v) is 4.81. The maximum atomic E-state index is 13.4. The lowest BCUT2D eigenvalue weighted by molar-refractivity contribution is -0.114. The second-order valence-electron chi connectivity index (χ2n) is 6.73. The number of nitrogens with zero attached hydrogens (tertiary/aromatic N) is 1. The Morgan fingerprint density at radius 2 is 1.65 bits per heavy atom. The van der Waals surface area contributed by atoms with Crippen molar-refractivity contribution in [3.8, 4) is 5.75 Å². The maximum Gasteiger partial charge on any atom is 0.264 e. The van der Waals surface area contributed by atoms with E-state index in [2.05, 4.69) is 5.32 Å². The highest BCUT2D eigenvalue weighted by atomic mass is 35.5. The Bertz CT molecular complexity index is 1180. The van der Waals surface area contributed by atoms with Crippen LogP contribution in [0.5, 0.6) is 5.75 Å². The summed E-state index contributed by atoms with van der Waals surface area (Å²) in [6, 6.07) is 17.5. The number of rotatable bonds is 7. The molecule has 0 aliphatic carbocycles. The molecule has 0 radical (unpaired) electrons. The van der Waals surface area contributed by atoms with Gasteiger partial charge < -0.3 is 10.1 Å². The summed E-state index contributed by atoms with van der Waals surface area (Å²) in [5.41, 5.74) is 1.57. The molecule has 3 rings (SSSR count). The lowest BCUT2D eigenvalue weighted by Crippen LogP contribution is -2.38. The van der Waals surface area contributed by atoms with Crippen LogP contribution in [-0.2, 0) is 14.8 Å². The third kappa shape index (κ3) is 5.70. The van der Waals surface area contributed by atoms with Crippen LogP contribution in [0.3, 0.4) is 0 Å². The van der Waals surface area contributed by atoms with Crippen LogP contribution in [0.25, 0.3) is 0 Å². The van der Waals surface area contributed by atoms with Gasteiger partial charge in [-0.2, -0.15) is 0 Å². The number of amides is 1. The third-order valence-electron chi connectivity index (χ3n) is 4.38. The van der Waals surface area contributed by atoms with E-state index < -0.39 is 22.5 Å². The molecular weight excluding hydrogens is 459 g/mol. The van der Waals surface area contributed by atoms with Gasteiger partial charge in [-0.3, -0.25) is 9.10 Å². The molecule has 9 heteroatoms. The first-order valence-corrected chi connectivity index (χ1v) is 11.4. The molecule has 1 amide bonds. The molecule has 3 aromatic carbocycles. The van der Waals surface area contributed by atoms with E-state index in [4.69, 9.17) is 27.9 Å². The molecule has 3 aromatic rings. The molecule has 1 N–H and O–H groups in total. The molecule has 0 atom stereocenters. The Hall–Kier alpha value is -2.74. The van der Waals surface area contributed by atoms with Gasteiger partial charge in [0.15, 0.2) is 0 Å². The van der Waals surface area contributed by atoms with Gasteiger partial charge in [0.1, 0.15) is 12.3 Å². The van der Waals surface area contributed by atoms with Crippen LogP contribution < -0.4 is 14.4 Å². The van der Waals surface area contributed by atoms with Gasteiger partial charge in [-0.1, -0.05) is 47.0 Å². The Kier molecular flexibility index (Phi) is 7.10. The maximum absolute atomic E-state index is 13.4. The van der Waals surface area contributed by atoms with Crippen molar-refractivity contribution in [2.75, 3.05) is 23.3 Å². The topological polar surface area (TPSA) is 75.7 Å². The zero-order valence-electron chi connectivity index (χ0n) is 16.8. The van der Waals surface area contributed by atoms with Crippen LogP contribution in [0.2, 0.25) is 10.0 Å². The quantitative estimate of drug-likeness (QED) is 0.509. The Balaban J connectivity index is 1.97. The van der Waals surface area contributed by atoms with E-state index in [1.165, 1.54) is 37.4 Å². The molecule has 0 unspecified atom stereocenters. The Labute approximate surface area is 191 Å². The number of ether oxygens (including phenoxy) is 1. The van der Waals surface area contributed by atoms with Crippen molar-refractivity contribution in [3.63, 3.8) is 0 Å². The summed E-state index contributed by atoms with van der Waals surface area (Å²) in [7, 11) is -2.56. The molecule has 6 nitrogen and oxygen atoms in total. The van der Waals surface area contributed by atoms with E-state index in [1.54, 1.807) is 36.4 Å². The molecule has 0 heterocycles. The van der Waals surface area contributed by atoms with Crippen molar-refractivity contribution in [3.05, 3.63) is 82.3 Å². The minimum absolute atomic E-state index is 0.0690. The molecule has 31 heavy (non-hydrogen) atoms. The molecule has 0 aromatic heterocycles. The van der Waals surface area contributed by atoms with Gasteiger partial charge in [-0.05, 0) is 49.4 Å². The molecule has 0 aliphatic heterocycles. The first-order valence-electron chi connectivity index (χ1n) is 9.18. The standard InChI is InChI=1S/C22H20Cl2N2O4S/c1-15-6-8-21(9-7-15)31(28,29)26(19-4-3-5-20(13-19)30-2)14-22(27)25-18-11-16(23)10-17(24)12-18/h3-13H,14H2,1-2H3,(H,25,27). The molecular formula is C22H20Cl2N2O4S. The highest BCUT2D eigenvalue weighted by Gasteiger charge is 2.27.